The van der Waals surface area contributed by atoms with Crippen molar-refractivity contribution in [3.05, 3.63) is 34.6 Å². The minimum absolute atomic E-state index is 0.232. The van der Waals surface area contributed by atoms with Crippen LogP contribution in [-0.2, 0) is 25.7 Å². The SMILES string of the molecule is CCCCCCCCCCCCCCCOC(=O)CCC(=O)OCc1c(F)c(F)c(F)c(F)c1F. The van der Waals surface area contributed by atoms with Crippen molar-refractivity contribution in [3.8, 4) is 0 Å². The van der Waals surface area contributed by atoms with Crippen molar-refractivity contribution < 1.29 is 41.0 Å². The highest BCUT2D eigenvalue weighted by atomic mass is 19.2. The van der Waals surface area contributed by atoms with Crippen molar-refractivity contribution in [3.63, 3.8) is 0 Å². The molecule has 0 fully saturated rings. The molecule has 0 amide bonds. The first-order valence-corrected chi connectivity index (χ1v) is 12.6. The van der Waals surface area contributed by atoms with Crippen LogP contribution in [0.25, 0.3) is 0 Å². The number of hydrogen-bond acceptors (Lipinski definition) is 4. The number of ether oxygens (including phenoxy) is 2. The minimum Gasteiger partial charge on any atom is -0.466 e. The monoisotopic (exact) mass is 508 g/mol. The summed E-state index contributed by atoms with van der Waals surface area (Å²) in [6.07, 6.45) is 14.8. The van der Waals surface area contributed by atoms with Gasteiger partial charge in [-0.2, -0.15) is 0 Å². The molecule has 1 aromatic carbocycles. The van der Waals surface area contributed by atoms with Crippen LogP contribution in [0.5, 0.6) is 0 Å². The van der Waals surface area contributed by atoms with E-state index in [1.165, 1.54) is 57.8 Å². The Hall–Kier alpha value is -2.19. The van der Waals surface area contributed by atoms with Crippen LogP contribution in [0.1, 0.15) is 109 Å². The highest BCUT2D eigenvalue weighted by Crippen LogP contribution is 2.23. The molecule has 0 heterocycles. The number of unbranched alkanes of at least 4 members (excludes halogenated alkanes) is 12. The predicted octanol–water partition coefficient (Wildman–Crippen LogP) is 7.84. The summed E-state index contributed by atoms with van der Waals surface area (Å²) < 4.78 is 76.0. The normalized spacial score (nSPS) is 11.0. The van der Waals surface area contributed by atoms with Gasteiger partial charge in [-0.3, -0.25) is 9.59 Å². The maximum absolute atomic E-state index is 13.5. The van der Waals surface area contributed by atoms with E-state index in [-0.39, 0.29) is 13.0 Å². The van der Waals surface area contributed by atoms with E-state index in [0.29, 0.717) is 6.42 Å². The van der Waals surface area contributed by atoms with Gasteiger partial charge in [0.25, 0.3) is 0 Å². The summed E-state index contributed by atoms with van der Waals surface area (Å²) in [5.74, 6) is -12.3. The molecule has 1 aromatic rings. The Labute approximate surface area is 204 Å². The summed E-state index contributed by atoms with van der Waals surface area (Å²) in [6, 6.07) is 0. The van der Waals surface area contributed by atoms with Gasteiger partial charge in [0.1, 0.15) is 6.61 Å². The Kier molecular flexibility index (Phi) is 16.0. The van der Waals surface area contributed by atoms with E-state index in [2.05, 4.69) is 11.7 Å². The third-order valence-corrected chi connectivity index (χ3v) is 5.72. The number of esters is 2. The Balaban J connectivity index is 2.05. The van der Waals surface area contributed by atoms with Gasteiger partial charge in [0.15, 0.2) is 23.3 Å². The lowest BCUT2D eigenvalue weighted by molar-refractivity contribution is -0.151. The molecule has 0 aliphatic rings. The maximum atomic E-state index is 13.5. The molecule has 4 nitrogen and oxygen atoms in total. The number of carbonyl (C=O) groups excluding carboxylic acids is 2. The molecule has 200 valence electrons. The molecule has 0 aliphatic carbocycles. The van der Waals surface area contributed by atoms with Crippen LogP contribution in [0.15, 0.2) is 0 Å². The van der Waals surface area contributed by atoms with Gasteiger partial charge in [-0.05, 0) is 6.42 Å². The smallest absolute Gasteiger partial charge is 0.306 e. The quantitative estimate of drug-likeness (QED) is 0.0628. The zero-order chi connectivity index (χ0) is 26.1. The molecule has 1 rings (SSSR count). The van der Waals surface area contributed by atoms with Gasteiger partial charge < -0.3 is 9.47 Å². The second kappa shape index (κ2) is 18.1. The van der Waals surface area contributed by atoms with E-state index in [1.54, 1.807) is 0 Å². The summed E-state index contributed by atoms with van der Waals surface area (Å²) in [4.78, 5) is 23.3. The van der Waals surface area contributed by atoms with Crippen molar-refractivity contribution in [1.29, 1.82) is 0 Å². The number of carbonyl (C=O) groups is 2. The van der Waals surface area contributed by atoms with Crippen molar-refractivity contribution in [2.75, 3.05) is 6.61 Å². The Morgan fingerprint density at radius 1 is 0.543 bits per heavy atom. The van der Waals surface area contributed by atoms with Crippen molar-refractivity contribution in [2.24, 2.45) is 0 Å². The van der Waals surface area contributed by atoms with Gasteiger partial charge in [-0.25, -0.2) is 22.0 Å². The van der Waals surface area contributed by atoms with Crippen LogP contribution in [0.4, 0.5) is 22.0 Å². The third-order valence-electron chi connectivity index (χ3n) is 5.72. The summed E-state index contributed by atoms with van der Waals surface area (Å²) in [7, 11) is 0. The molecular formula is C26H37F5O4. The summed E-state index contributed by atoms with van der Waals surface area (Å²) >= 11 is 0. The first-order chi connectivity index (χ1) is 16.8. The van der Waals surface area contributed by atoms with Crippen molar-refractivity contribution >= 4 is 11.9 Å². The molecule has 0 aliphatic heterocycles. The molecular weight excluding hydrogens is 471 g/mol. The number of halogens is 5. The first kappa shape index (κ1) is 30.8. The fraction of sp³-hybridized carbons (Fsp3) is 0.692. The number of benzene rings is 1. The molecule has 35 heavy (non-hydrogen) atoms. The van der Waals surface area contributed by atoms with Gasteiger partial charge in [0, 0.05) is 0 Å². The Bertz CT molecular complexity index is 756. The van der Waals surface area contributed by atoms with Crippen LogP contribution < -0.4 is 0 Å². The molecule has 0 saturated carbocycles. The standard InChI is InChI=1S/C26H37F5O4/c1-2-3-4-5-6-7-8-9-10-11-12-13-14-17-34-20(32)15-16-21(33)35-18-19-22(27)24(29)26(31)25(30)23(19)28/h2-18H2,1H3. The van der Waals surface area contributed by atoms with E-state index in [4.69, 9.17) is 4.74 Å². The van der Waals surface area contributed by atoms with Crippen LogP contribution in [0.3, 0.4) is 0 Å². The second-order valence-corrected chi connectivity index (χ2v) is 8.67. The number of hydrogen-bond donors (Lipinski definition) is 0. The van der Waals surface area contributed by atoms with E-state index in [1.807, 2.05) is 0 Å². The molecule has 0 aromatic heterocycles. The van der Waals surface area contributed by atoms with Gasteiger partial charge in [0.2, 0.25) is 5.82 Å². The lowest BCUT2D eigenvalue weighted by atomic mass is 10.0. The van der Waals surface area contributed by atoms with E-state index >= 15 is 0 Å². The van der Waals surface area contributed by atoms with Gasteiger partial charge in [-0.1, -0.05) is 84.0 Å². The average Bonchev–Trinajstić information content (AvgIpc) is 2.85. The molecule has 0 bridgehead atoms. The molecule has 0 unspecified atom stereocenters. The van der Waals surface area contributed by atoms with Crippen LogP contribution in [0, 0.1) is 29.1 Å². The summed E-state index contributed by atoms with van der Waals surface area (Å²) in [6.45, 7) is 1.31. The lowest BCUT2D eigenvalue weighted by Gasteiger charge is -2.09. The van der Waals surface area contributed by atoms with E-state index < -0.39 is 59.6 Å². The Morgan fingerprint density at radius 3 is 1.37 bits per heavy atom. The van der Waals surface area contributed by atoms with Gasteiger partial charge >= 0.3 is 11.9 Å². The zero-order valence-corrected chi connectivity index (χ0v) is 20.5. The average molecular weight is 509 g/mol. The molecule has 0 atom stereocenters. The first-order valence-electron chi connectivity index (χ1n) is 12.6. The Morgan fingerprint density at radius 2 is 0.914 bits per heavy atom. The van der Waals surface area contributed by atoms with E-state index in [9.17, 15) is 31.5 Å². The molecule has 9 heteroatoms. The highest BCUT2D eigenvalue weighted by Gasteiger charge is 2.26. The van der Waals surface area contributed by atoms with Crippen LogP contribution in [0.2, 0.25) is 0 Å². The molecule has 0 radical (unpaired) electrons. The predicted molar refractivity (Wildman–Crippen MR) is 122 cm³/mol. The maximum Gasteiger partial charge on any atom is 0.306 e. The second-order valence-electron chi connectivity index (χ2n) is 8.67. The topological polar surface area (TPSA) is 52.6 Å². The summed E-state index contributed by atoms with van der Waals surface area (Å²) in [5.41, 5.74) is -1.25. The highest BCUT2D eigenvalue weighted by molar-refractivity contribution is 5.77. The minimum atomic E-state index is -2.29. The third kappa shape index (κ3) is 12.4. The summed E-state index contributed by atoms with van der Waals surface area (Å²) in [5, 5.41) is 0. The van der Waals surface area contributed by atoms with Crippen LogP contribution in [-0.4, -0.2) is 18.5 Å². The largest absolute Gasteiger partial charge is 0.466 e. The fourth-order valence-electron chi connectivity index (χ4n) is 3.58. The van der Waals surface area contributed by atoms with Crippen LogP contribution >= 0.6 is 0 Å². The fourth-order valence-corrected chi connectivity index (χ4v) is 3.58. The van der Waals surface area contributed by atoms with E-state index in [0.717, 1.165) is 19.3 Å². The van der Waals surface area contributed by atoms with Gasteiger partial charge in [0.05, 0.1) is 25.0 Å². The molecule has 0 N–H and O–H groups in total. The van der Waals surface area contributed by atoms with Crippen molar-refractivity contribution in [2.45, 2.75) is 110 Å². The lowest BCUT2D eigenvalue weighted by Crippen LogP contribution is -2.13. The van der Waals surface area contributed by atoms with Gasteiger partial charge in [-0.15, -0.1) is 0 Å². The van der Waals surface area contributed by atoms with Crippen molar-refractivity contribution in [1.82, 2.24) is 0 Å². The molecule has 0 spiro atoms. The number of rotatable bonds is 19. The molecule has 0 saturated heterocycles. The zero-order valence-electron chi connectivity index (χ0n) is 20.5.